The summed E-state index contributed by atoms with van der Waals surface area (Å²) < 4.78 is 2.07. The Morgan fingerprint density at radius 2 is 2.06 bits per heavy atom. The van der Waals surface area contributed by atoms with E-state index in [1.54, 1.807) is 0 Å². The predicted molar refractivity (Wildman–Crippen MR) is 67.5 cm³/mol. The van der Waals surface area contributed by atoms with Crippen LogP contribution in [0.25, 0.3) is 0 Å². The number of rotatable bonds is 5. The molecule has 1 rings (SSSR count). The highest BCUT2D eigenvalue weighted by atomic mass is 15.3. The van der Waals surface area contributed by atoms with Crippen molar-refractivity contribution in [2.24, 2.45) is 5.73 Å². The molecule has 0 spiro atoms. The van der Waals surface area contributed by atoms with Crippen LogP contribution in [0.3, 0.4) is 0 Å². The number of nitrogens with two attached hydrogens (primary N) is 1. The van der Waals surface area contributed by atoms with E-state index < -0.39 is 0 Å². The molecule has 92 valence electrons. The van der Waals surface area contributed by atoms with Crippen LogP contribution in [0.5, 0.6) is 0 Å². The van der Waals surface area contributed by atoms with Gasteiger partial charge in [0.15, 0.2) is 0 Å². The fourth-order valence-corrected chi connectivity index (χ4v) is 2.24. The second-order valence-electron chi connectivity index (χ2n) is 4.35. The SMILES string of the molecule is CCn1nc(C)c(C(C)N(C)CCN)c1C. The van der Waals surface area contributed by atoms with Crippen LogP contribution < -0.4 is 5.73 Å². The van der Waals surface area contributed by atoms with Gasteiger partial charge in [0.2, 0.25) is 0 Å². The van der Waals surface area contributed by atoms with Gasteiger partial charge in [-0.05, 0) is 34.7 Å². The summed E-state index contributed by atoms with van der Waals surface area (Å²) in [6.45, 7) is 11.1. The van der Waals surface area contributed by atoms with Crippen molar-refractivity contribution in [2.75, 3.05) is 20.1 Å². The van der Waals surface area contributed by atoms with Gasteiger partial charge in [0, 0.05) is 36.9 Å². The van der Waals surface area contributed by atoms with Gasteiger partial charge in [0.25, 0.3) is 0 Å². The Bertz CT molecular complexity index is 343. The standard InChI is InChI=1S/C12H24N4/c1-6-16-11(4)12(9(2)14-16)10(3)15(5)8-7-13/h10H,6-8,13H2,1-5H3. The van der Waals surface area contributed by atoms with Crippen LogP contribution in [-0.4, -0.2) is 34.8 Å². The van der Waals surface area contributed by atoms with Crippen molar-refractivity contribution < 1.29 is 0 Å². The van der Waals surface area contributed by atoms with Gasteiger partial charge in [-0.1, -0.05) is 0 Å². The van der Waals surface area contributed by atoms with Gasteiger partial charge in [-0.3, -0.25) is 9.58 Å². The average Bonchev–Trinajstić information content (AvgIpc) is 2.53. The summed E-state index contributed by atoms with van der Waals surface area (Å²) >= 11 is 0. The third-order valence-electron chi connectivity index (χ3n) is 3.30. The molecule has 0 aliphatic carbocycles. The van der Waals surface area contributed by atoms with Crippen LogP contribution in [0.2, 0.25) is 0 Å². The molecule has 4 nitrogen and oxygen atoms in total. The molecule has 0 aromatic carbocycles. The van der Waals surface area contributed by atoms with Gasteiger partial charge < -0.3 is 5.73 Å². The van der Waals surface area contributed by atoms with Crippen molar-refractivity contribution in [3.05, 3.63) is 17.0 Å². The molecule has 0 amide bonds. The Morgan fingerprint density at radius 1 is 1.44 bits per heavy atom. The van der Waals surface area contributed by atoms with Crippen molar-refractivity contribution in [3.63, 3.8) is 0 Å². The molecule has 1 atom stereocenters. The van der Waals surface area contributed by atoms with Crippen molar-refractivity contribution >= 4 is 0 Å². The first kappa shape index (κ1) is 13.2. The lowest BCUT2D eigenvalue weighted by atomic mass is 10.1. The number of likely N-dealkylation sites (N-methyl/N-ethyl adjacent to an activating group) is 1. The van der Waals surface area contributed by atoms with E-state index in [4.69, 9.17) is 5.73 Å². The maximum Gasteiger partial charge on any atom is 0.0644 e. The van der Waals surface area contributed by atoms with Crippen LogP contribution in [0, 0.1) is 13.8 Å². The first-order valence-electron chi connectivity index (χ1n) is 5.97. The molecule has 0 saturated heterocycles. The molecule has 4 heteroatoms. The fraction of sp³-hybridized carbons (Fsp3) is 0.750. The maximum atomic E-state index is 5.59. The molecule has 2 N–H and O–H groups in total. The summed E-state index contributed by atoms with van der Waals surface area (Å²) in [6.07, 6.45) is 0. The molecular formula is C12H24N4. The van der Waals surface area contributed by atoms with E-state index in [1.807, 2.05) is 0 Å². The van der Waals surface area contributed by atoms with Gasteiger partial charge in [0.1, 0.15) is 0 Å². The van der Waals surface area contributed by atoms with E-state index in [9.17, 15) is 0 Å². The zero-order chi connectivity index (χ0) is 12.3. The van der Waals surface area contributed by atoms with Gasteiger partial charge in [0.05, 0.1) is 5.69 Å². The number of hydrogen-bond donors (Lipinski definition) is 1. The summed E-state index contributed by atoms with van der Waals surface area (Å²) in [6, 6.07) is 0.379. The molecular weight excluding hydrogens is 200 g/mol. The van der Waals surface area contributed by atoms with Crippen molar-refractivity contribution in [1.29, 1.82) is 0 Å². The van der Waals surface area contributed by atoms with Gasteiger partial charge in [-0.15, -0.1) is 0 Å². The molecule has 1 unspecified atom stereocenters. The van der Waals surface area contributed by atoms with E-state index in [-0.39, 0.29) is 0 Å². The molecule has 1 heterocycles. The number of nitrogens with zero attached hydrogens (tertiary/aromatic N) is 3. The Labute approximate surface area is 98.4 Å². The molecule has 1 aromatic heterocycles. The Morgan fingerprint density at radius 3 is 2.50 bits per heavy atom. The summed E-state index contributed by atoms with van der Waals surface area (Å²) in [4.78, 5) is 2.27. The van der Waals surface area contributed by atoms with Crippen LogP contribution in [0.4, 0.5) is 0 Å². The van der Waals surface area contributed by atoms with E-state index in [1.165, 1.54) is 11.3 Å². The van der Waals surface area contributed by atoms with Crippen molar-refractivity contribution in [3.8, 4) is 0 Å². The zero-order valence-electron chi connectivity index (χ0n) is 11.1. The molecule has 0 bridgehead atoms. The highest BCUT2D eigenvalue weighted by Gasteiger charge is 2.19. The zero-order valence-corrected chi connectivity index (χ0v) is 11.1. The third kappa shape index (κ3) is 2.44. The van der Waals surface area contributed by atoms with Gasteiger partial charge >= 0.3 is 0 Å². The topological polar surface area (TPSA) is 47.1 Å². The van der Waals surface area contributed by atoms with E-state index in [0.717, 1.165) is 18.8 Å². The first-order chi connectivity index (χ1) is 7.52. The van der Waals surface area contributed by atoms with Crippen LogP contribution >= 0.6 is 0 Å². The quantitative estimate of drug-likeness (QED) is 0.824. The molecule has 0 saturated carbocycles. The second kappa shape index (κ2) is 5.46. The predicted octanol–water partition coefficient (Wildman–Crippen LogP) is 1.47. The highest BCUT2D eigenvalue weighted by Crippen LogP contribution is 2.25. The van der Waals surface area contributed by atoms with E-state index >= 15 is 0 Å². The van der Waals surface area contributed by atoms with Crippen LogP contribution in [0.15, 0.2) is 0 Å². The Hall–Kier alpha value is -0.870. The smallest absolute Gasteiger partial charge is 0.0644 e. The van der Waals surface area contributed by atoms with Gasteiger partial charge in [-0.2, -0.15) is 5.10 Å². The van der Waals surface area contributed by atoms with E-state index in [0.29, 0.717) is 12.6 Å². The number of aromatic nitrogens is 2. The third-order valence-corrected chi connectivity index (χ3v) is 3.30. The molecule has 0 aliphatic rings. The van der Waals surface area contributed by atoms with Crippen LogP contribution in [0.1, 0.15) is 36.8 Å². The normalized spacial score (nSPS) is 13.4. The summed E-state index contributed by atoms with van der Waals surface area (Å²) in [5.41, 5.74) is 9.34. The number of aryl methyl sites for hydroxylation is 2. The molecule has 16 heavy (non-hydrogen) atoms. The van der Waals surface area contributed by atoms with Crippen molar-refractivity contribution in [1.82, 2.24) is 14.7 Å². The molecule has 0 fully saturated rings. The number of hydrogen-bond acceptors (Lipinski definition) is 3. The highest BCUT2D eigenvalue weighted by molar-refractivity contribution is 5.27. The lowest BCUT2D eigenvalue weighted by molar-refractivity contribution is 0.267. The summed E-state index contributed by atoms with van der Waals surface area (Å²) in [7, 11) is 2.11. The monoisotopic (exact) mass is 224 g/mol. The minimum Gasteiger partial charge on any atom is -0.329 e. The molecule has 0 aliphatic heterocycles. The minimum atomic E-state index is 0.379. The first-order valence-corrected chi connectivity index (χ1v) is 5.97. The average molecular weight is 224 g/mol. The second-order valence-corrected chi connectivity index (χ2v) is 4.35. The molecule has 0 radical (unpaired) electrons. The van der Waals surface area contributed by atoms with Crippen molar-refractivity contribution in [2.45, 2.75) is 40.3 Å². The maximum absolute atomic E-state index is 5.59. The fourth-order valence-electron chi connectivity index (χ4n) is 2.24. The largest absolute Gasteiger partial charge is 0.329 e. The Balaban J connectivity index is 2.98. The van der Waals surface area contributed by atoms with Gasteiger partial charge in [-0.25, -0.2) is 0 Å². The molecule has 1 aromatic rings. The Kier molecular flexibility index (Phi) is 4.50. The lowest BCUT2D eigenvalue weighted by Crippen LogP contribution is -2.28. The van der Waals surface area contributed by atoms with Crippen LogP contribution in [-0.2, 0) is 6.54 Å². The van der Waals surface area contributed by atoms with E-state index in [2.05, 4.69) is 49.4 Å². The lowest BCUT2D eigenvalue weighted by Gasteiger charge is -2.24. The minimum absolute atomic E-state index is 0.379. The summed E-state index contributed by atoms with van der Waals surface area (Å²) in [5, 5.41) is 4.55. The summed E-state index contributed by atoms with van der Waals surface area (Å²) in [5.74, 6) is 0.